The predicted molar refractivity (Wildman–Crippen MR) is 111 cm³/mol. The molecule has 0 saturated carbocycles. The molecule has 1 saturated heterocycles. The lowest BCUT2D eigenvalue weighted by atomic mass is 10.0. The SMILES string of the molecule is Cc1cc(C)c(C)c(S(=O)(=O)N2CCN(C(=O)c3cccc(C#N)c3)CC2)c1C. The highest BCUT2D eigenvalue weighted by Gasteiger charge is 2.33. The van der Waals surface area contributed by atoms with E-state index in [9.17, 15) is 13.2 Å². The molecule has 152 valence electrons. The Kier molecular flexibility index (Phi) is 5.78. The summed E-state index contributed by atoms with van der Waals surface area (Å²) in [4.78, 5) is 14.8. The predicted octanol–water partition coefficient (Wildman–Crippen LogP) is 2.94. The van der Waals surface area contributed by atoms with Crippen LogP contribution < -0.4 is 0 Å². The Morgan fingerprint density at radius 2 is 1.55 bits per heavy atom. The molecule has 6 nitrogen and oxygen atoms in total. The zero-order chi connectivity index (χ0) is 21.3. The minimum absolute atomic E-state index is 0.182. The number of piperazine rings is 1. The average molecular weight is 412 g/mol. The highest BCUT2D eigenvalue weighted by molar-refractivity contribution is 7.89. The van der Waals surface area contributed by atoms with Crippen LogP contribution in [0.3, 0.4) is 0 Å². The fraction of sp³-hybridized carbons (Fsp3) is 0.364. The Bertz CT molecular complexity index is 1080. The maximum atomic E-state index is 13.3. The number of sulfonamides is 1. The van der Waals surface area contributed by atoms with Gasteiger partial charge in [0.1, 0.15) is 0 Å². The number of benzene rings is 2. The fourth-order valence-corrected chi connectivity index (χ4v) is 5.73. The van der Waals surface area contributed by atoms with Crippen molar-refractivity contribution in [2.24, 2.45) is 0 Å². The number of hydrogen-bond acceptors (Lipinski definition) is 4. The van der Waals surface area contributed by atoms with Gasteiger partial charge in [0.15, 0.2) is 0 Å². The molecular weight excluding hydrogens is 386 g/mol. The molecule has 0 atom stereocenters. The molecule has 29 heavy (non-hydrogen) atoms. The zero-order valence-electron chi connectivity index (χ0n) is 17.2. The second kappa shape index (κ2) is 7.97. The van der Waals surface area contributed by atoms with Crippen molar-refractivity contribution < 1.29 is 13.2 Å². The zero-order valence-corrected chi connectivity index (χ0v) is 18.0. The maximum absolute atomic E-state index is 13.3. The van der Waals surface area contributed by atoms with Gasteiger partial charge in [-0.15, -0.1) is 0 Å². The topological polar surface area (TPSA) is 81.5 Å². The van der Waals surface area contributed by atoms with E-state index >= 15 is 0 Å². The molecule has 0 unspecified atom stereocenters. The summed E-state index contributed by atoms with van der Waals surface area (Å²) in [5, 5.41) is 9.02. The Labute approximate surface area is 172 Å². The van der Waals surface area contributed by atoms with Crippen molar-refractivity contribution in [2.75, 3.05) is 26.2 Å². The summed E-state index contributed by atoms with van der Waals surface area (Å²) >= 11 is 0. The molecule has 1 fully saturated rings. The van der Waals surface area contributed by atoms with Gasteiger partial charge in [0.25, 0.3) is 5.91 Å². The lowest BCUT2D eigenvalue weighted by molar-refractivity contribution is 0.0698. The minimum Gasteiger partial charge on any atom is -0.336 e. The van der Waals surface area contributed by atoms with Crippen LogP contribution in [0, 0.1) is 39.0 Å². The molecule has 0 bridgehead atoms. The standard InChI is InChI=1S/C22H25N3O3S/c1-15-12-16(2)18(4)21(17(15)3)29(27,28)25-10-8-24(9-11-25)22(26)20-7-5-6-19(13-20)14-23/h5-7,12-13H,8-11H2,1-4H3. The van der Waals surface area contributed by atoms with Crippen LogP contribution >= 0.6 is 0 Å². The van der Waals surface area contributed by atoms with Crippen molar-refractivity contribution in [2.45, 2.75) is 32.6 Å². The molecule has 0 spiro atoms. The first kappa shape index (κ1) is 21.0. The highest BCUT2D eigenvalue weighted by Crippen LogP contribution is 2.29. The van der Waals surface area contributed by atoms with E-state index in [1.807, 2.05) is 39.8 Å². The second-order valence-electron chi connectivity index (χ2n) is 7.48. The summed E-state index contributed by atoms with van der Waals surface area (Å²) in [5.74, 6) is -0.182. The second-order valence-corrected chi connectivity index (χ2v) is 9.35. The van der Waals surface area contributed by atoms with Gasteiger partial charge < -0.3 is 4.90 Å². The van der Waals surface area contributed by atoms with Gasteiger partial charge in [-0.2, -0.15) is 9.57 Å². The van der Waals surface area contributed by atoms with Crippen LogP contribution in [-0.2, 0) is 10.0 Å². The smallest absolute Gasteiger partial charge is 0.253 e. The maximum Gasteiger partial charge on any atom is 0.253 e. The first-order chi connectivity index (χ1) is 13.7. The van der Waals surface area contributed by atoms with E-state index in [4.69, 9.17) is 5.26 Å². The Hall–Kier alpha value is -2.69. The number of carbonyl (C=O) groups is 1. The molecular formula is C22H25N3O3S. The third-order valence-electron chi connectivity index (χ3n) is 5.66. The first-order valence-corrected chi connectivity index (χ1v) is 11.0. The van der Waals surface area contributed by atoms with Crippen LogP contribution in [-0.4, -0.2) is 49.7 Å². The third kappa shape index (κ3) is 3.91. The van der Waals surface area contributed by atoms with Crippen LogP contribution in [0.15, 0.2) is 35.2 Å². The van der Waals surface area contributed by atoms with Crippen LogP contribution in [0.25, 0.3) is 0 Å². The van der Waals surface area contributed by atoms with Gasteiger partial charge in [-0.25, -0.2) is 8.42 Å². The molecule has 2 aromatic rings. The Morgan fingerprint density at radius 1 is 0.966 bits per heavy atom. The number of aryl methyl sites for hydroxylation is 2. The first-order valence-electron chi connectivity index (χ1n) is 9.53. The summed E-state index contributed by atoms with van der Waals surface area (Å²) < 4.78 is 28.2. The number of hydrogen-bond donors (Lipinski definition) is 0. The van der Waals surface area contributed by atoms with Crippen molar-refractivity contribution >= 4 is 15.9 Å². The molecule has 0 aromatic heterocycles. The van der Waals surface area contributed by atoms with Gasteiger partial charge in [-0.05, 0) is 68.1 Å². The van der Waals surface area contributed by atoms with Crippen molar-refractivity contribution in [3.8, 4) is 6.07 Å². The Balaban J connectivity index is 1.80. The number of carbonyl (C=O) groups excluding carboxylic acids is 1. The molecule has 0 N–H and O–H groups in total. The lowest BCUT2D eigenvalue weighted by Crippen LogP contribution is -2.50. The van der Waals surface area contributed by atoms with Gasteiger partial charge in [0.2, 0.25) is 10.0 Å². The summed E-state index contributed by atoms with van der Waals surface area (Å²) in [6.07, 6.45) is 0. The van der Waals surface area contributed by atoms with Crippen molar-refractivity contribution in [1.82, 2.24) is 9.21 Å². The normalized spacial score (nSPS) is 15.2. The van der Waals surface area contributed by atoms with Crippen LogP contribution in [0.4, 0.5) is 0 Å². The van der Waals surface area contributed by atoms with E-state index in [2.05, 4.69) is 0 Å². The minimum atomic E-state index is -3.64. The molecule has 0 aliphatic carbocycles. The van der Waals surface area contributed by atoms with E-state index in [-0.39, 0.29) is 19.0 Å². The largest absolute Gasteiger partial charge is 0.336 e. The van der Waals surface area contributed by atoms with Crippen LogP contribution in [0.2, 0.25) is 0 Å². The van der Waals surface area contributed by atoms with E-state index < -0.39 is 10.0 Å². The quantitative estimate of drug-likeness (QED) is 0.778. The average Bonchev–Trinajstić information content (AvgIpc) is 2.72. The lowest BCUT2D eigenvalue weighted by Gasteiger charge is -2.35. The van der Waals surface area contributed by atoms with E-state index in [1.165, 1.54) is 4.31 Å². The molecule has 1 heterocycles. The van der Waals surface area contributed by atoms with E-state index in [0.29, 0.717) is 29.1 Å². The third-order valence-corrected chi connectivity index (χ3v) is 7.83. The Morgan fingerprint density at radius 3 is 2.10 bits per heavy atom. The summed E-state index contributed by atoms with van der Waals surface area (Å²) in [7, 11) is -3.64. The molecule has 0 radical (unpaired) electrons. The highest BCUT2D eigenvalue weighted by atomic mass is 32.2. The molecule has 1 aliphatic rings. The number of nitrogens with zero attached hydrogens (tertiary/aromatic N) is 3. The van der Waals surface area contributed by atoms with Crippen molar-refractivity contribution in [3.05, 3.63) is 63.7 Å². The summed E-state index contributed by atoms with van der Waals surface area (Å²) in [6, 6.07) is 10.6. The van der Waals surface area contributed by atoms with Gasteiger partial charge in [0, 0.05) is 31.7 Å². The number of rotatable bonds is 3. The monoisotopic (exact) mass is 411 g/mol. The molecule has 1 amide bonds. The van der Waals surface area contributed by atoms with Gasteiger partial charge >= 0.3 is 0 Å². The van der Waals surface area contributed by atoms with E-state index in [1.54, 1.807) is 29.2 Å². The number of amides is 1. The van der Waals surface area contributed by atoms with Gasteiger partial charge in [0.05, 0.1) is 16.5 Å². The van der Waals surface area contributed by atoms with E-state index in [0.717, 1.165) is 22.3 Å². The van der Waals surface area contributed by atoms with Crippen molar-refractivity contribution in [3.63, 3.8) is 0 Å². The van der Waals surface area contributed by atoms with Crippen molar-refractivity contribution in [1.29, 1.82) is 5.26 Å². The summed E-state index contributed by atoms with van der Waals surface area (Å²) in [6.45, 7) is 8.66. The van der Waals surface area contributed by atoms with Crippen LogP contribution in [0.5, 0.6) is 0 Å². The fourth-order valence-electron chi connectivity index (χ4n) is 3.73. The number of nitriles is 1. The van der Waals surface area contributed by atoms with Gasteiger partial charge in [-0.1, -0.05) is 12.1 Å². The van der Waals surface area contributed by atoms with Gasteiger partial charge in [-0.3, -0.25) is 4.79 Å². The molecule has 1 aliphatic heterocycles. The summed E-state index contributed by atoms with van der Waals surface area (Å²) in [5.41, 5.74) is 4.34. The molecule has 3 rings (SSSR count). The molecule has 2 aromatic carbocycles. The van der Waals surface area contributed by atoms with Crippen LogP contribution in [0.1, 0.15) is 38.2 Å². The molecule has 7 heteroatoms.